The van der Waals surface area contributed by atoms with E-state index in [0.29, 0.717) is 27.9 Å². The second-order valence-corrected chi connectivity index (χ2v) is 6.51. The van der Waals surface area contributed by atoms with E-state index >= 15 is 0 Å². The van der Waals surface area contributed by atoms with E-state index in [1.807, 2.05) is 18.2 Å². The highest BCUT2D eigenvalue weighted by atomic mass is 16.5. The van der Waals surface area contributed by atoms with E-state index in [1.54, 1.807) is 43.5 Å². The third-order valence-electron chi connectivity index (χ3n) is 4.63. The van der Waals surface area contributed by atoms with Crippen LogP contribution in [0.25, 0.3) is 22.2 Å². The Morgan fingerprint density at radius 1 is 1.04 bits per heavy atom. The quantitative estimate of drug-likeness (QED) is 0.491. The number of fused-ring (bicyclic) bond motifs is 1. The minimum Gasteiger partial charge on any atom is -0.497 e. The molecule has 1 heterocycles. The van der Waals surface area contributed by atoms with Crippen molar-refractivity contribution in [1.29, 1.82) is 0 Å². The highest BCUT2D eigenvalue weighted by Gasteiger charge is 2.31. The van der Waals surface area contributed by atoms with Gasteiger partial charge < -0.3 is 25.4 Å². The van der Waals surface area contributed by atoms with Crippen molar-refractivity contribution in [3.63, 3.8) is 0 Å². The van der Waals surface area contributed by atoms with Crippen LogP contribution in [0.3, 0.4) is 0 Å². The minimum absolute atomic E-state index is 0.330. The summed E-state index contributed by atoms with van der Waals surface area (Å²) in [5, 5.41) is 31.7. The molecule has 0 unspecified atom stereocenters. The van der Waals surface area contributed by atoms with Gasteiger partial charge in [0.05, 0.1) is 43.7 Å². The number of para-hydroxylation sites is 1. The summed E-state index contributed by atoms with van der Waals surface area (Å²) >= 11 is 0. The van der Waals surface area contributed by atoms with Gasteiger partial charge in [-0.05, 0) is 36.4 Å². The van der Waals surface area contributed by atoms with Crippen molar-refractivity contribution in [3.8, 4) is 17.0 Å². The second-order valence-electron chi connectivity index (χ2n) is 6.51. The average Bonchev–Trinajstić information content (AvgIpc) is 2.76. The first-order valence-electron chi connectivity index (χ1n) is 8.75. The maximum Gasteiger partial charge on any atom is 0.252 e. The van der Waals surface area contributed by atoms with E-state index in [4.69, 9.17) is 4.74 Å². The molecule has 3 rings (SSSR count). The number of methoxy groups -OCH3 is 1. The largest absolute Gasteiger partial charge is 0.497 e. The number of rotatable bonds is 7. The molecule has 0 aliphatic heterocycles. The number of hydrogen-bond acceptors (Lipinski definition) is 6. The first kappa shape index (κ1) is 19.8. The van der Waals surface area contributed by atoms with Crippen LogP contribution in [0, 0.1) is 0 Å². The first-order chi connectivity index (χ1) is 13.6. The number of aliphatic hydroxyl groups is 3. The Balaban J connectivity index is 2.08. The zero-order valence-corrected chi connectivity index (χ0v) is 15.4. The summed E-state index contributed by atoms with van der Waals surface area (Å²) in [6.07, 6.45) is 0. The van der Waals surface area contributed by atoms with Gasteiger partial charge in [0, 0.05) is 10.9 Å². The van der Waals surface area contributed by atoms with Crippen LogP contribution in [0.4, 0.5) is 0 Å². The molecule has 7 nitrogen and oxygen atoms in total. The number of pyridine rings is 1. The molecule has 0 saturated heterocycles. The summed E-state index contributed by atoms with van der Waals surface area (Å²) in [5.74, 6) is 0.187. The van der Waals surface area contributed by atoms with Crippen LogP contribution >= 0.6 is 0 Å². The molecular formula is C21H22N2O5. The molecule has 1 aromatic heterocycles. The molecule has 0 atom stereocenters. The van der Waals surface area contributed by atoms with Gasteiger partial charge in [0.25, 0.3) is 5.91 Å². The van der Waals surface area contributed by atoms with Gasteiger partial charge in [-0.2, -0.15) is 0 Å². The molecule has 7 heteroatoms. The van der Waals surface area contributed by atoms with Crippen LogP contribution in [0.15, 0.2) is 54.6 Å². The number of carbonyl (C=O) groups excluding carboxylic acids is 1. The van der Waals surface area contributed by atoms with E-state index in [1.165, 1.54) is 0 Å². The number of carbonyl (C=O) groups is 1. The van der Waals surface area contributed by atoms with Gasteiger partial charge >= 0.3 is 0 Å². The maximum atomic E-state index is 12.9. The molecule has 0 bridgehead atoms. The third-order valence-corrected chi connectivity index (χ3v) is 4.63. The highest BCUT2D eigenvalue weighted by molar-refractivity contribution is 6.07. The Labute approximate surface area is 162 Å². The third kappa shape index (κ3) is 3.82. The van der Waals surface area contributed by atoms with Crippen LogP contribution in [-0.2, 0) is 0 Å². The highest BCUT2D eigenvalue weighted by Crippen LogP contribution is 2.26. The molecule has 0 spiro atoms. The maximum absolute atomic E-state index is 12.9. The average molecular weight is 382 g/mol. The van der Waals surface area contributed by atoms with Gasteiger partial charge in [-0.1, -0.05) is 18.2 Å². The van der Waals surface area contributed by atoms with Crippen molar-refractivity contribution < 1.29 is 24.9 Å². The van der Waals surface area contributed by atoms with Crippen LogP contribution in [-0.4, -0.2) is 58.7 Å². The van der Waals surface area contributed by atoms with E-state index in [9.17, 15) is 20.1 Å². The molecule has 3 aromatic rings. The number of aromatic nitrogens is 1. The van der Waals surface area contributed by atoms with Gasteiger partial charge in [-0.15, -0.1) is 0 Å². The Kier molecular flexibility index (Phi) is 5.89. The molecule has 2 aromatic carbocycles. The second kappa shape index (κ2) is 8.35. The van der Waals surface area contributed by atoms with Gasteiger partial charge in [-0.3, -0.25) is 4.79 Å². The normalized spacial score (nSPS) is 11.4. The molecule has 0 aliphatic carbocycles. The van der Waals surface area contributed by atoms with E-state index in [2.05, 4.69) is 10.3 Å². The molecule has 0 fully saturated rings. The van der Waals surface area contributed by atoms with Crippen LogP contribution in [0.2, 0.25) is 0 Å². The molecule has 0 saturated carbocycles. The monoisotopic (exact) mass is 382 g/mol. The summed E-state index contributed by atoms with van der Waals surface area (Å²) in [7, 11) is 1.58. The molecular weight excluding hydrogens is 360 g/mol. The Bertz CT molecular complexity index is 960. The lowest BCUT2D eigenvalue weighted by Gasteiger charge is -2.29. The summed E-state index contributed by atoms with van der Waals surface area (Å²) in [5.41, 5.74) is 0.842. The van der Waals surface area contributed by atoms with Crippen molar-refractivity contribution in [2.45, 2.75) is 5.54 Å². The smallest absolute Gasteiger partial charge is 0.252 e. The minimum atomic E-state index is -1.51. The van der Waals surface area contributed by atoms with Gasteiger partial charge in [-0.25, -0.2) is 4.98 Å². The zero-order chi connectivity index (χ0) is 20.1. The predicted molar refractivity (Wildman–Crippen MR) is 105 cm³/mol. The number of nitrogens with one attached hydrogen (secondary N) is 1. The lowest BCUT2D eigenvalue weighted by atomic mass is 10.00. The molecule has 146 valence electrons. The summed E-state index contributed by atoms with van der Waals surface area (Å²) < 4.78 is 5.17. The lowest BCUT2D eigenvalue weighted by Crippen LogP contribution is -2.57. The van der Waals surface area contributed by atoms with Gasteiger partial charge in [0.2, 0.25) is 0 Å². The fraction of sp³-hybridized carbons (Fsp3) is 0.238. The van der Waals surface area contributed by atoms with Crippen molar-refractivity contribution in [2.75, 3.05) is 26.9 Å². The molecule has 0 aliphatic rings. The SMILES string of the molecule is COc1ccc(-c2cc(C(=O)NC(CO)(CO)CO)c3ccccc3n2)cc1. The first-order valence-corrected chi connectivity index (χ1v) is 8.75. The standard InChI is InChI=1S/C21H22N2O5/c1-28-15-8-6-14(7-9-15)19-10-17(16-4-2-3-5-18(16)22-19)20(27)23-21(11-24,12-25)13-26/h2-10,24-26H,11-13H2,1H3,(H,23,27). The number of aliphatic hydroxyl groups excluding tert-OH is 3. The number of amides is 1. The Morgan fingerprint density at radius 3 is 2.29 bits per heavy atom. The van der Waals surface area contributed by atoms with E-state index in [0.717, 1.165) is 5.56 Å². The fourth-order valence-electron chi connectivity index (χ4n) is 2.85. The van der Waals surface area contributed by atoms with Gasteiger partial charge in [0.1, 0.15) is 11.3 Å². The molecule has 28 heavy (non-hydrogen) atoms. The fourth-order valence-corrected chi connectivity index (χ4v) is 2.85. The topological polar surface area (TPSA) is 112 Å². The molecule has 4 N–H and O–H groups in total. The van der Waals surface area contributed by atoms with Crippen molar-refractivity contribution in [3.05, 3.63) is 60.2 Å². The number of hydrogen-bond donors (Lipinski definition) is 4. The zero-order valence-electron chi connectivity index (χ0n) is 15.4. The van der Waals surface area contributed by atoms with Crippen molar-refractivity contribution in [2.24, 2.45) is 0 Å². The van der Waals surface area contributed by atoms with Crippen LogP contribution < -0.4 is 10.1 Å². The van der Waals surface area contributed by atoms with E-state index < -0.39 is 31.3 Å². The summed E-state index contributed by atoms with van der Waals surface area (Å²) in [6, 6.07) is 16.1. The molecule has 0 radical (unpaired) electrons. The van der Waals surface area contributed by atoms with Crippen LogP contribution in [0.5, 0.6) is 5.75 Å². The summed E-state index contributed by atoms with van der Waals surface area (Å²) in [6.45, 7) is -1.79. The predicted octanol–water partition coefficient (Wildman–Crippen LogP) is 1.36. The summed E-state index contributed by atoms with van der Waals surface area (Å²) in [4.78, 5) is 17.6. The van der Waals surface area contributed by atoms with Gasteiger partial charge in [0.15, 0.2) is 0 Å². The molecule has 1 amide bonds. The van der Waals surface area contributed by atoms with E-state index in [-0.39, 0.29) is 0 Å². The number of benzene rings is 2. The van der Waals surface area contributed by atoms with Crippen molar-refractivity contribution in [1.82, 2.24) is 10.3 Å². The number of nitrogens with zero attached hydrogens (tertiary/aromatic N) is 1. The van der Waals surface area contributed by atoms with Crippen molar-refractivity contribution >= 4 is 16.8 Å². The Hall–Kier alpha value is -3.00. The Morgan fingerprint density at radius 2 is 1.68 bits per heavy atom. The lowest BCUT2D eigenvalue weighted by molar-refractivity contribution is 0.0376. The number of ether oxygens (including phenoxy) is 1. The van der Waals surface area contributed by atoms with Crippen LogP contribution in [0.1, 0.15) is 10.4 Å².